The van der Waals surface area contributed by atoms with Crippen LogP contribution in [0.15, 0.2) is 23.7 Å². The maximum absolute atomic E-state index is 4.02. The van der Waals surface area contributed by atoms with Crippen molar-refractivity contribution in [3.05, 3.63) is 35.4 Å². The lowest BCUT2D eigenvalue weighted by molar-refractivity contribution is 0.864. The molecule has 0 aliphatic rings. The van der Waals surface area contributed by atoms with Crippen LogP contribution in [0.25, 0.3) is 6.08 Å². The topological polar surface area (TPSA) is 12.4 Å². The lowest BCUT2D eigenvalue weighted by atomic mass is 9.96. The van der Waals surface area contributed by atoms with E-state index in [-0.39, 0.29) is 0 Å². The Hall–Kier alpha value is -1.37. The van der Waals surface area contributed by atoms with Gasteiger partial charge in [-0.2, -0.15) is 0 Å². The largest absolute Gasteiger partial charge is 0.264 e. The molecule has 0 saturated heterocycles. The van der Waals surface area contributed by atoms with Gasteiger partial charge in [-0.3, -0.25) is 4.99 Å². The van der Waals surface area contributed by atoms with Gasteiger partial charge in [-0.05, 0) is 36.8 Å². The maximum Gasteiger partial charge on any atom is 0.0723 e. The highest BCUT2D eigenvalue weighted by molar-refractivity contribution is 5.69. The summed E-state index contributed by atoms with van der Waals surface area (Å²) < 4.78 is 0. The van der Waals surface area contributed by atoms with Crippen molar-refractivity contribution in [2.24, 2.45) is 4.99 Å². The SMILES string of the molecule is C=Cc1cc(C(C)C)cc(C)c1N=C. The van der Waals surface area contributed by atoms with Crippen LogP contribution in [0, 0.1) is 6.92 Å². The molecule has 14 heavy (non-hydrogen) atoms. The molecule has 0 unspecified atom stereocenters. The monoisotopic (exact) mass is 187 g/mol. The minimum atomic E-state index is 0.534. The van der Waals surface area contributed by atoms with E-state index in [1.165, 1.54) is 11.1 Å². The van der Waals surface area contributed by atoms with Crippen LogP contribution in [0.2, 0.25) is 0 Å². The molecule has 1 rings (SSSR count). The molecule has 0 amide bonds. The van der Waals surface area contributed by atoms with Crippen molar-refractivity contribution in [2.75, 3.05) is 0 Å². The maximum atomic E-state index is 4.02. The number of rotatable bonds is 3. The molecular formula is C13H17N. The van der Waals surface area contributed by atoms with Crippen LogP contribution in [0.1, 0.15) is 36.5 Å². The molecule has 0 saturated carbocycles. The second-order valence-electron chi connectivity index (χ2n) is 3.79. The Morgan fingerprint density at radius 1 is 1.36 bits per heavy atom. The van der Waals surface area contributed by atoms with Gasteiger partial charge in [0.15, 0.2) is 0 Å². The summed E-state index contributed by atoms with van der Waals surface area (Å²) in [4.78, 5) is 4.02. The summed E-state index contributed by atoms with van der Waals surface area (Å²) in [6, 6.07) is 4.30. The fourth-order valence-electron chi connectivity index (χ4n) is 1.54. The summed E-state index contributed by atoms with van der Waals surface area (Å²) in [6.45, 7) is 13.8. The quantitative estimate of drug-likeness (QED) is 0.632. The fourth-order valence-corrected chi connectivity index (χ4v) is 1.54. The second kappa shape index (κ2) is 4.23. The minimum Gasteiger partial charge on any atom is -0.264 e. The molecule has 0 aliphatic carbocycles. The van der Waals surface area contributed by atoms with Crippen LogP contribution in [0.5, 0.6) is 0 Å². The van der Waals surface area contributed by atoms with Gasteiger partial charge in [0.25, 0.3) is 0 Å². The molecule has 0 heterocycles. The van der Waals surface area contributed by atoms with Crippen LogP contribution in [-0.2, 0) is 0 Å². The highest BCUT2D eigenvalue weighted by Gasteiger charge is 2.06. The van der Waals surface area contributed by atoms with E-state index in [1.807, 2.05) is 6.08 Å². The molecule has 0 radical (unpaired) electrons. The van der Waals surface area contributed by atoms with Crippen molar-refractivity contribution in [1.82, 2.24) is 0 Å². The highest BCUT2D eigenvalue weighted by atomic mass is 14.7. The van der Waals surface area contributed by atoms with Crippen molar-refractivity contribution >= 4 is 18.5 Å². The summed E-state index contributed by atoms with van der Waals surface area (Å²) in [6.07, 6.45) is 1.84. The Kier molecular flexibility index (Phi) is 3.23. The van der Waals surface area contributed by atoms with E-state index in [9.17, 15) is 0 Å². The molecule has 1 nitrogen and oxygen atoms in total. The number of benzene rings is 1. The number of aliphatic imine (C=N–C) groups is 1. The predicted octanol–water partition coefficient (Wildman–Crippen LogP) is 4.09. The number of nitrogens with zero attached hydrogens (tertiary/aromatic N) is 1. The van der Waals surface area contributed by atoms with Crippen molar-refractivity contribution in [2.45, 2.75) is 26.7 Å². The van der Waals surface area contributed by atoms with Gasteiger partial charge in [0.05, 0.1) is 5.69 Å². The molecule has 1 heteroatoms. The Balaban J connectivity index is 3.38. The lowest BCUT2D eigenvalue weighted by Crippen LogP contribution is -1.90. The summed E-state index contributed by atoms with van der Waals surface area (Å²) >= 11 is 0. The van der Waals surface area contributed by atoms with Gasteiger partial charge in [-0.15, -0.1) is 0 Å². The minimum absolute atomic E-state index is 0.534. The van der Waals surface area contributed by atoms with Gasteiger partial charge < -0.3 is 0 Å². The van der Waals surface area contributed by atoms with Gasteiger partial charge >= 0.3 is 0 Å². The lowest BCUT2D eigenvalue weighted by Gasteiger charge is -2.11. The average Bonchev–Trinajstić information content (AvgIpc) is 2.16. The third kappa shape index (κ3) is 1.92. The van der Waals surface area contributed by atoms with Crippen LogP contribution in [0.3, 0.4) is 0 Å². The molecule has 0 spiro atoms. The van der Waals surface area contributed by atoms with E-state index in [1.54, 1.807) is 0 Å². The third-order valence-corrected chi connectivity index (χ3v) is 2.40. The first kappa shape index (κ1) is 10.7. The first-order valence-corrected chi connectivity index (χ1v) is 4.83. The Labute approximate surface area is 86.2 Å². The normalized spacial score (nSPS) is 10.3. The zero-order valence-electron chi connectivity index (χ0n) is 9.17. The third-order valence-electron chi connectivity index (χ3n) is 2.40. The summed E-state index contributed by atoms with van der Waals surface area (Å²) in [7, 11) is 0. The van der Waals surface area contributed by atoms with Crippen molar-refractivity contribution < 1.29 is 0 Å². The molecule has 1 aromatic rings. The number of hydrogen-bond donors (Lipinski definition) is 0. The highest BCUT2D eigenvalue weighted by Crippen LogP contribution is 2.29. The van der Waals surface area contributed by atoms with Crippen LogP contribution < -0.4 is 0 Å². The van der Waals surface area contributed by atoms with Crippen molar-refractivity contribution in [3.63, 3.8) is 0 Å². The zero-order chi connectivity index (χ0) is 10.7. The standard InChI is InChI=1S/C13H17N/c1-6-11-8-12(9(2)3)7-10(4)13(11)14-5/h6-9H,1,5H2,2-4H3. The van der Waals surface area contributed by atoms with Crippen LogP contribution >= 0.6 is 0 Å². The molecule has 0 fully saturated rings. The number of hydrogen-bond acceptors (Lipinski definition) is 1. The molecular weight excluding hydrogens is 170 g/mol. The first-order valence-electron chi connectivity index (χ1n) is 4.83. The average molecular weight is 187 g/mol. The molecule has 0 bridgehead atoms. The van der Waals surface area contributed by atoms with E-state index in [0.29, 0.717) is 5.92 Å². The van der Waals surface area contributed by atoms with Gasteiger partial charge in [-0.25, -0.2) is 0 Å². The Morgan fingerprint density at radius 3 is 2.43 bits per heavy atom. The molecule has 0 aliphatic heterocycles. The smallest absolute Gasteiger partial charge is 0.0723 e. The van der Waals surface area contributed by atoms with Crippen LogP contribution in [0.4, 0.5) is 5.69 Å². The van der Waals surface area contributed by atoms with Crippen molar-refractivity contribution in [1.29, 1.82) is 0 Å². The van der Waals surface area contributed by atoms with Crippen LogP contribution in [-0.4, -0.2) is 6.72 Å². The zero-order valence-corrected chi connectivity index (χ0v) is 9.17. The van der Waals surface area contributed by atoms with Gasteiger partial charge in [0.1, 0.15) is 0 Å². The van der Waals surface area contributed by atoms with Gasteiger partial charge in [0.2, 0.25) is 0 Å². The van der Waals surface area contributed by atoms with E-state index in [2.05, 4.69) is 51.2 Å². The number of aryl methyl sites for hydroxylation is 1. The summed E-state index contributed by atoms with van der Waals surface area (Å²) in [5.74, 6) is 0.534. The Morgan fingerprint density at radius 2 is 2.00 bits per heavy atom. The molecule has 0 atom stereocenters. The molecule has 0 N–H and O–H groups in total. The second-order valence-corrected chi connectivity index (χ2v) is 3.79. The summed E-state index contributed by atoms with van der Waals surface area (Å²) in [5, 5.41) is 0. The van der Waals surface area contributed by atoms with E-state index >= 15 is 0 Å². The fraction of sp³-hybridized carbons (Fsp3) is 0.308. The van der Waals surface area contributed by atoms with Gasteiger partial charge in [0, 0.05) is 5.56 Å². The molecule has 74 valence electrons. The predicted molar refractivity (Wildman–Crippen MR) is 64.6 cm³/mol. The first-order chi connectivity index (χ1) is 6.60. The molecule has 0 aromatic heterocycles. The van der Waals surface area contributed by atoms with E-state index in [0.717, 1.165) is 11.3 Å². The summed E-state index contributed by atoms with van der Waals surface area (Å²) in [5.41, 5.74) is 4.51. The van der Waals surface area contributed by atoms with Crippen molar-refractivity contribution in [3.8, 4) is 0 Å². The molecule has 1 aromatic carbocycles. The Bertz CT molecular complexity index is 362. The van der Waals surface area contributed by atoms with E-state index in [4.69, 9.17) is 0 Å². The van der Waals surface area contributed by atoms with E-state index < -0.39 is 0 Å². The van der Waals surface area contributed by atoms with Gasteiger partial charge in [-0.1, -0.05) is 32.6 Å².